The number of hydrogen-bond acceptors (Lipinski definition) is 5. The molecule has 0 saturated heterocycles. The van der Waals surface area contributed by atoms with Crippen LogP contribution in [0.2, 0.25) is 0 Å². The van der Waals surface area contributed by atoms with Gasteiger partial charge in [-0.2, -0.15) is 0 Å². The average Bonchev–Trinajstić information content (AvgIpc) is 2.91. The van der Waals surface area contributed by atoms with Crippen LogP contribution in [-0.4, -0.2) is 31.0 Å². The van der Waals surface area contributed by atoms with E-state index in [2.05, 4.69) is 9.71 Å². The van der Waals surface area contributed by atoms with Crippen molar-refractivity contribution in [3.8, 4) is 0 Å². The summed E-state index contributed by atoms with van der Waals surface area (Å²) in [5.41, 5.74) is 2.95. The predicted octanol–water partition coefficient (Wildman–Crippen LogP) is 1.67. The molecule has 2 rings (SSSR count). The second-order valence-electron chi connectivity index (χ2n) is 4.41. The van der Waals surface area contributed by atoms with Gasteiger partial charge in [0.05, 0.1) is 21.7 Å². The molecule has 1 aromatic heterocycles. The number of hydrogen-bond donors (Lipinski definition) is 2. The maximum absolute atomic E-state index is 12.2. The zero-order chi connectivity index (χ0) is 15.5. The van der Waals surface area contributed by atoms with Gasteiger partial charge in [0.2, 0.25) is 10.0 Å². The highest BCUT2D eigenvalue weighted by Crippen LogP contribution is 2.17. The highest BCUT2D eigenvalue weighted by Gasteiger charge is 2.18. The first-order valence-electron chi connectivity index (χ1n) is 6.11. The second kappa shape index (κ2) is 6.33. The SMILES string of the molecule is Cc1ccc(C(=O)O)cc1S(=O)(=O)NCCc1cscn1. The van der Waals surface area contributed by atoms with E-state index in [1.807, 2.05) is 5.38 Å². The van der Waals surface area contributed by atoms with Crippen LogP contribution >= 0.6 is 11.3 Å². The molecule has 2 N–H and O–H groups in total. The number of carboxylic acids is 1. The van der Waals surface area contributed by atoms with Crippen LogP contribution in [0.5, 0.6) is 0 Å². The number of thiazole rings is 1. The fourth-order valence-corrected chi connectivity index (χ4v) is 3.67. The normalized spacial score (nSPS) is 11.5. The van der Waals surface area contributed by atoms with Gasteiger partial charge in [0.25, 0.3) is 0 Å². The van der Waals surface area contributed by atoms with Gasteiger partial charge < -0.3 is 5.11 Å². The van der Waals surface area contributed by atoms with Crippen LogP contribution < -0.4 is 4.72 Å². The minimum atomic E-state index is -3.74. The van der Waals surface area contributed by atoms with E-state index >= 15 is 0 Å². The smallest absolute Gasteiger partial charge is 0.335 e. The van der Waals surface area contributed by atoms with Crippen molar-refractivity contribution in [2.24, 2.45) is 0 Å². The zero-order valence-corrected chi connectivity index (χ0v) is 12.9. The van der Waals surface area contributed by atoms with E-state index in [0.29, 0.717) is 12.0 Å². The number of aryl methyl sites for hydroxylation is 1. The summed E-state index contributed by atoms with van der Waals surface area (Å²) >= 11 is 1.45. The minimum Gasteiger partial charge on any atom is -0.478 e. The number of aromatic carboxylic acids is 1. The summed E-state index contributed by atoms with van der Waals surface area (Å²) < 4.78 is 26.9. The molecule has 8 heteroatoms. The molecule has 0 aliphatic heterocycles. The third-order valence-electron chi connectivity index (χ3n) is 2.88. The Labute approximate surface area is 126 Å². The number of carbonyl (C=O) groups is 1. The molecule has 0 bridgehead atoms. The van der Waals surface area contributed by atoms with Crippen LogP contribution in [0, 0.1) is 6.92 Å². The molecule has 0 aliphatic carbocycles. The molecule has 0 aliphatic rings. The molecular formula is C13H14N2O4S2. The first-order chi connectivity index (χ1) is 9.90. The number of nitrogens with one attached hydrogen (secondary N) is 1. The highest BCUT2D eigenvalue weighted by atomic mass is 32.2. The van der Waals surface area contributed by atoms with Gasteiger partial charge in [-0.05, 0) is 24.6 Å². The summed E-state index contributed by atoms with van der Waals surface area (Å²) in [6.45, 7) is 1.84. The first kappa shape index (κ1) is 15.6. The Bertz CT molecular complexity index is 740. The Kier molecular flexibility index (Phi) is 4.71. The zero-order valence-electron chi connectivity index (χ0n) is 11.2. The number of aromatic nitrogens is 1. The fraction of sp³-hybridized carbons (Fsp3) is 0.231. The van der Waals surface area contributed by atoms with Crippen molar-refractivity contribution in [3.05, 3.63) is 45.9 Å². The lowest BCUT2D eigenvalue weighted by molar-refractivity contribution is 0.0696. The van der Waals surface area contributed by atoms with Crippen LogP contribution in [0.1, 0.15) is 21.6 Å². The number of rotatable bonds is 6. The maximum atomic E-state index is 12.2. The minimum absolute atomic E-state index is 0.0133. The van der Waals surface area contributed by atoms with Crippen molar-refractivity contribution in [3.63, 3.8) is 0 Å². The summed E-state index contributed by atoms with van der Waals surface area (Å²) in [7, 11) is -3.74. The van der Waals surface area contributed by atoms with Gasteiger partial charge >= 0.3 is 5.97 Å². The molecule has 0 fully saturated rings. The van der Waals surface area contributed by atoms with Gasteiger partial charge in [-0.1, -0.05) is 6.07 Å². The molecule has 0 amide bonds. The van der Waals surface area contributed by atoms with E-state index in [4.69, 9.17) is 5.11 Å². The van der Waals surface area contributed by atoms with Crippen molar-refractivity contribution in [2.45, 2.75) is 18.2 Å². The summed E-state index contributed by atoms with van der Waals surface area (Å²) in [5.74, 6) is -1.16. The van der Waals surface area contributed by atoms with Gasteiger partial charge in [0.15, 0.2) is 0 Å². The van der Waals surface area contributed by atoms with E-state index < -0.39 is 16.0 Å². The number of carboxylic acid groups (broad SMARTS) is 1. The Morgan fingerprint density at radius 3 is 2.81 bits per heavy atom. The number of nitrogens with zero attached hydrogens (tertiary/aromatic N) is 1. The standard InChI is InChI=1S/C13H14N2O4S2/c1-9-2-3-10(13(16)17)6-12(9)21(18,19)15-5-4-11-7-20-8-14-11/h2-3,6-8,15H,4-5H2,1H3,(H,16,17). The lowest BCUT2D eigenvalue weighted by Gasteiger charge is -2.09. The third-order valence-corrected chi connectivity index (χ3v) is 5.12. The Hall–Kier alpha value is -1.77. The summed E-state index contributed by atoms with van der Waals surface area (Å²) in [6, 6.07) is 4.03. The van der Waals surface area contributed by atoms with E-state index in [1.165, 1.54) is 29.5 Å². The monoisotopic (exact) mass is 326 g/mol. The van der Waals surface area contributed by atoms with E-state index in [-0.39, 0.29) is 17.0 Å². The Morgan fingerprint density at radius 2 is 2.19 bits per heavy atom. The first-order valence-corrected chi connectivity index (χ1v) is 8.53. The Balaban J connectivity index is 2.15. The summed E-state index contributed by atoms with van der Waals surface area (Å²) in [4.78, 5) is 15.0. The van der Waals surface area contributed by atoms with Crippen LogP contribution in [-0.2, 0) is 16.4 Å². The lowest BCUT2D eigenvalue weighted by Crippen LogP contribution is -2.27. The number of sulfonamides is 1. The third kappa shape index (κ3) is 3.87. The predicted molar refractivity (Wildman–Crippen MR) is 79.1 cm³/mol. The van der Waals surface area contributed by atoms with E-state index in [0.717, 1.165) is 5.69 Å². The van der Waals surface area contributed by atoms with Crippen LogP contribution in [0.4, 0.5) is 0 Å². The highest BCUT2D eigenvalue weighted by molar-refractivity contribution is 7.89. The molecule has 1 heterocycles. The van der Waals surface area contributed by atoms with Gasteiger partial charge in [-0.3, -0.25) is 0 Å². The molecular weight excluding hydrogens is 312 g/mol. The molecule has 0 radical (unpaired) electrons. The molecule has 0 spiro atoms. The van der Waals surface area contributed by atoms with E-state index in [9.17, 15) is 13.2 Å². The average molecular weight is 326 g/mol. The van der Waals surface area contributed by atoms with Crippen LogP contribution in [0.3, 0.4) is 0 Å². The Morgan fingerprint density at radius 1 is 1.43 bits per heavy atom. The number of benzene rings is 1. The van der Waals surface area contributed by atoms with Crippen molar-refractivity contribution in [1.82, 2.24) is 9.71 Å². The van der Waals surface area contributed by atoms with Gasteiger partial charge in [0.1, 0.15) is 0 Å². The molecule has 1 aromatic carbocycles. The van der Waals surface area contributed by atoms with Gasteiger partial charge in [0, 0.05) is 18.3 Å². The van der Waals surface area contributed by atoms with Gasteiger partial charge in [-0.15, -0.1) is 11.3 Å². The summed E-state index contributed by atoms with van der Waals surface area (Å²) in [5, 5.41) is 10.8. The fourth-order valence-electron chi connectivity index (χ4n) is 1.77. The summed E-state index contributed by atoms with van der Waals surface area (Å²) in [6.07, 6.45) is 0.487. The van der Waals surface area contributed by atoms with Crippen molar-refractivity contribution in [2.75, 3.05) is 6.54 Å². The van der Waals surface area contributed by atoms with Gasteiger partial charge in [-0.25, -0.2) is 22.9 Å². The van der Waals surface area contributed by atoms with Crippen LogP contribution in [0.25, 0.3) is 0 Å². The quantitative estimate of drug-likeness (QED) is 0.842. The lowest BCUT2D eigenvalue weighted by atomic mass is 10.1. The molecule has 2 aromatic rings. The van der Waals surface area contributed by atoms with Crippen molar-refractivity contribution >= 4 is 27.3 Å². The molecule has 0 saturated carbocycles. The molecule has 112 valence electrons. The second-order valence-corrected chi connectivity index (χ2v) is 6.87. The molecule has 21 heavy (non-hydrogen) atoms. The van der Waals surface area contributed by atoms with Crippen LogP contribution in [0.15, 0.2) is 34.0 Å². The largest absolute Gasteiger partial charge is 0.478 e. The topological polar surface area (TPSA) is 96.4 Å². The van der Waals surface area contributed by atoms with Crippen molar-refractivity contribution in [1.29, 1.82) is 0 Å². The molecule has 6 nitrogen and oxygen atoms in total. The van der Waals surface area contributed by atoms with Crippen molar-refractivity contribution < 1.29 is 18.3 Å². The van der Waals surface area contributed by atoms with E-state index in [1.54, 1.807) is 12.4 Å². The molecule has 0 atom stereocenters. The maximum Gasteiger partial charge on any atom is 0.335 e. The molecule has 0 unspecified atom stereocenters.